The zero-order valence-electron chi connectivity index (χ0n) is 55.0. The van der Waals surface area contributed by atoms with Crippen molar-refractivity contribution < 1.29 is 49.3 Å². The number of hydrogen-bond acceptors (Lipinski definition) is 10. The average Bonchev–Trinajstić information content (AvgIpc) is 2.90. The first-order valence-corrected chi connectivity index (χ1v) is 35.7. The van der Waals surface area contributed by atoms with Crippen LogP contribution < -0.4 is 5.32 Å². The Bertz CT molecular complexity index is 1660. The number of carbonyl (C=O) groups is 2. The van der Waals surface area contributed by atoms with Crippen molar-refractivity contribution in [3.05, 3.63) is 72.9 Å². The van der Waals surface area contributed by atoms with E-state index in [9.17, 15) is 35.1 Å². The third-order valence-electron chi connectivity index (χ3n) is 16.6. The normalized spacial score (nSPS) is 18.8. The van der Waals surface area contributed by atoms with E-state index in [1.807, 2.05) is 6.08 Å². The van der Waals surface area contributed by atoms with Crippen LogP contribution in [-0.2, 0) is 23.8 Å². The van der Waals surface area contributed by atoms with Crippen molar-refractivity contribution in [2.75, 3.05) is 13.2 Å². The maximum absolute atomic E-state index is 13.5. The fraction of sp³-hybridized carbons (Fsp3) is 0.811. The van der Waals surface area contributed by atoms with E-state index in [0.29, 0.717) is 12.8 Å². The Morgan fingerprint density at radius 2 is 0.812 bits per heavy atom. The van der Waals surface area contributed by atoms with Gasteiger partial charge in [0, 0.05) is 6.42 Å². The molecule has 0 spiro atoms. The molecule has 1 aliphatic heterocycles. The van der Waals surface area contributed by atoms with Crippen LogP contribution >= 0.6 is 0 Å². The first-order chi connectivity index (χ1) is 41.7. The number of carbonyl (C=O) groups excluding carboxylic acids is 2. The summed E-state index contributed by atoms with van der Waals surface area (Å²) in [5.41, 5.74) is 0. The van der Waals surface area contributed by atoms with Crippen molar-refractivity contribution in [1.82, 2.24) is 5.32 Å². The number of aliphatic hydroxyl groups excluding tert-OH is 5. The summed E-state index contributed by atoms with van der Waals surface area (Å²) in [4.78, 5) is 26.7. The molecule has 8 atom stereocenters. The van der Waals surface area contributed by atoms with Crippen LogP contribution in [0.25, 0.3) is 0 Å². The van der Waals surface area contributed by atoms with Crippen molar-refractivity contribution in [2.45, 2.75) is 372 Å². The third kappa shape index (κ3) is 48.7. The molecule has 11 nitrogen and oxygen atoms in total. The number of rotatable bonds is 61. The van der Waals surface area contributed by atoms with Gasteiger partial charge in [0.15, 0.2) is 12.4 Å². The standard InChI is InChI=1S/C74H133NO10/c1-4-7-10-13-16-19-22-24-26-28-30-32-34-36-38-40-42-44-47-50-53-56-59-62-69(79)85-72-71(81)70(80)68(63-76)84-74(72)83-64-65(66(77)60-57-54-51-48-45-21-18-15-12-9-6-3)75-73(82)67(78)61-58-55-52-49-46-43-41-39-37-35-33-31-29-27-25-23-20-17-14-11-8-5-2/h16-17,19-20,24-27,30,32,57,60,65-68,70-72,74,76-78,80-81H,4-15,18,21-23,28-29,31,33-56,58-59,61-64H2,1-3H3,(H,75,82)/b19-16-,20-17-,26-24-,27-25-,32-30-,60-57+. The number of amides is 1. The Morgan fingerprint density at radius 3 is 1.24 bits per heavy atom. The summed E-state index contributed by atoms with van der Waals surface area (Å²) in [6.07, 6.45) is 69.4. The predicted octanol–water partition coefficient (Wildman–Crippen LogP) is 18.3. The molecule has 0 radical (unpaired) electrons. The van der Waals surface area contributed by atoms with E-state index >= 15 is 0 Å². The van der Waals surface area contributed by atoms with Crippen LogP contribution in [0.3, 0.4) is 0 Å². The van der Waals surface area contributed by atoms with Gasteiger partial charge in [-0.2, -0.15) is 0 Å². The molecular weight excluding hydrogens is 1060 g/mol. The van der Waals surface area contributed by atoms with E-state index in [4.69, 9.17) is 14.2 Å². The molecule has 1 heterocycles. The number of nitrogens with one attached hydrogen (secondary N) is 1. The highest BCUT2D eigenvalue weighted by Gasteiger charge is 2.47. The number of esters is 1. The van der Waals surface area contributed by atoms with E-state index in [-0.39, 0.29) is 19.4 Å². The largest absolute Gasteiger partial charge is 0.454 e. The smallest absolute Gasteiger partial charge is 0.306 e. The second-order valence-electron chi connectivity index (χ2n) is 24.6. The van der Waals surface area contributed by atoms with E-state index in [1.54, 1.807) is 6.08 Å². The molecule has 85 heavy (non-hydrogen) atoms. The Kier molecular flexibility index (Phi) is 57.8. The molecule has 0 bridgehead atoms. The van der Waals surface area contributed by atoms with Crippen molar-refractivity contribution in [1.29, 1.82) is 0 Å². The van der Waals surface area contributed by atoms with Crippen LogP contribution in [0.5, 0.6) is 0 Å². The highest BCUT2D eigenvalue weighted by molar-refractivity contribution is 5.80. The maximum Gasteiger partial charge on any atom is 0.306 e. The Morgan fingerprint density at radius 1 is 0.459 bits per heavy atom. The average molecular weight is 1200 g/mol. The first-order valence-electron chi connectivity index (χ1n) is 35.7. The highest BCUT2D eigenvalue weighted by atomic mass is 16.7. The lowest BCUT2D eigenvalue weighted by molar-refractivity contribution is -0.305. The molecule has 0 aliphatic carbocycles. The van der Waals surface area contributed by atoms with Crippen LogP contribution in [-0.4, -0.2) is 99.6 Å². The minimum atomic E-state index is -1.62. The Hall–Kier alpha value is -2.90. The summed E-state index contributed by atoms with van der Waals surface area (Å²) < 4.78 is 17.7. The van der Waals surface area contributed by atoms with Gasteiger partial charge in [0.05, 0.1) is 25.4 Å². The van der Waals surface area contributed by atoms with E-state index in [2.05, 4.69) is 86.8 Å². The molecule has 1 amide bonds. The molecule has 11 heteroatoms. The molecule has 1 rings (SSSR count). The summed E-state index contributed by atoms with van der Waals surface area (Å²) in [7, 11) is 0. The first kappa shape index (κ1) is 80.1. The Balaban J connectivity index is 2.56. The second kappa shape index (κ2) is 61.3. The topological polar surface area (TPSA) is 175 Å². The summed E-state index contributed by atoms with van der Waals surface area (Å²) in [6.45, 7) is 5.76. The van der Waals surface area contributed by atoms with E-state index in [0.717, 1.165) is 83.5 Å². The molecule has 1 aliphatic rings. The van der Waals surface area contributed by atoms with Crippen molar-refractivity contribution >= 4 is 11.9 Å². The van der Waals surface area contributed by atoms with Crippen LogP contribution in [0.1, 0.15) is 323 Å². The Labute approximate surface area is 521 Å². The highest BCUT2D eigenvalue weighted by Crippen LogP contribution is 2.26. The van der Waals surface area contributed by atoms with Gasteiger partial charge in [-0.1, -0.05) is 293 Å². The predicted molar refractivity (Wildman–Crippen MR) is 356 cm³/mol. The van der Waals surface area contributed by atoms with E-state index in [1.165, 1.54) is 193 Å². The summed E-state index contributed by atoms with van der Waals surface area (Å²) in [5, 5.41) is 57.2. The van der Waals surface area contributed by atoms with E-state index < -0.39 is 67.4 Å². The third-order valence-corrected chi connectivity index (χ3v) is 16.6. The summed E-state index contributed by atoms with van der Waals surface area (Å²) >= 11 is 0. The lowest BCUT2D eigenvalue weighted by Crippen LogP contribution is -2.61. The van der Waals surface area contributed by atoms with Gasteiger partial charge in [0.1, 0.15) is 24.4 Å². The van der Waals surface area contributed by atoms with Gasteiger partial charge < -0.3 is 45.1 Å². The van der Waals surface area contributed by atoms with Gasteiger partial charge in [0.25, 0.3) is 0 Å². The van der Waals surface area contributed by atoms with Gasteiger partial charge in [-0.15, -0.1) is 0 Å². The number of hydrogen-bond donors (Lipinski definition) is 6. The van der Waals surface area contributed by atoms with Crippen LogP contribution in [0, 0.1) is 0 Å². The lowest BCUT2D eigenvalue weighted by Gasteiger charge is -2.41. The van der Waals surface area contributed by atoms with Gasteiger partial charge >= 0.3 is 5.97 Å². The number of allylic oxidation sites excluding steroid dienone is 11. The van der Waals surface area contributed by atoms with Crippen molar-refractivity contribution in [3.63, 3.8) is 0 Å². The van der Waals surface area contributed by atoms with Gasteiger partial charge in [-0.25, -0.2) is 0 Å². The molecule has 0 aromatic carbocycles. The molecule has 0 saturated carbocycles. The number of aliphatic hydroxyl groups is 5. The zero-order chi connectivity index (χ0) is 61.7. The fourth-order valence-corrected chi connectivity index (χ4v) is 10.9. The monoisotopic (exact) mass is 1200 g/mol. The van der Waals surface area contributed by atoms with Crippen molar-refractivity contribution in [3.8, 4) is 0 Å². The van der Waals surface area contributed by atoms with Crippen LogP contribution in [0.15, 0.2) is 72.9 Å². The molecule has 8 unspecified atom stereocenters. The molecule has 6 N–H and O–H groups in total. The second-order valence-corrected chi connectivity index (χ2v) is 24.6. The van der Waals surface area contributed by atoms with Crippen LogP contribution in [0.4, 0.5) is 0 Å². The SMILES string of the molecule is CCCCC/C=C\C/C=C\C/C=C\CCCCCCCCCCCCC(=O)OC1C(OCC(NC(=O)C(O)CCCCCCCCCCCCCC/C=C\C/C=C\CCCCC)C(O)/C=C/CCCCCCCCCCC)OC(CO)C(O)C1O. The zero-order valence-corrected chi connectivity index (χ0v) is 55.0. The van der Waals surface area contributed by atoms with Gasteiger partial charge in [-0.3, -0.25) is 9.59 Å². The molecule has 0 aromatic heterocycles. The molecule has 1 saturated heterocycles. The van der Waals surface area contributed by atoms with Crippen LogP contribution in [0.2, 0.25) is 0 Å². The van der Waals surface area contributed by atoms with Crippen molar-refractivity contribution in [2.24, 2.45) is 0 Å². The molecule has 0 aromatic rings. The quantitative estimate of drug-likeness (QED) is 0.0195. The van der Waals surface area contributed by atoms with Gasteiger partial charge in [0.2, 0.25) is 5.91 Å². The summed E-state index contributed by atoms with van der Waals surface area (Å²) in [5.74, 6) is -1.19. The number of ether oxygens (including phenoxy) is 3. The maximum atomic E-state index is 13.5. The molecular formula is C74H133NO10. The fourth-order valence-electron chi connectivity index (χ4n) is 10.9. The summed E-state index contributed by atoms with van der Waals surface area (Å²) in [6, 6.07) is -1.03. The lowest BCUT2D eigenvalue weighted by atomic mass is 9.99. The molecule has 494 valence electrons. The minimum Gasteiger partial charge on any atom is -0.454 e. The number of unbranched alkanes of at least 4 members (excludes halogenated alkanes) is 37. The minimum absolute atomic E-state index is 0.118. The van der Waals surface area contributed by atoms with Gasteiger partial charge in [-0.05, 0) is 96.3 Å². The molecule has 1 fully saturated rings.